The van der Waals surface area contributed by atoms with Crippen LogP contribution < -0.4 is 4.52 Å². The van der Waals surface area contributed by atoms with Crippen LogP contribution in [0.1, 0.15) is 0 Å². The molecule has 0 saturated carbocycles. The fourth-order valence-corrected chi connectivity index (χ4v) is 2.36. The molecule has 0 saturated heterocycles. The second-order valence-corrected chi connectivity index (χ2v) is 5.30. The van der Waals surface area contributed by atoms with Gasteiger partial charge in [0.2, 0.25) is 0 Å². The molecule has 1 unspecified atom stereocenters. The molecule has 0 aromatic heterocycles. The van der Waals surface area contributed by atoms with Crippen LogP contribution in [0.25, 0.3) is 0 Å². The highest BCUT2D eigenvalue weighted by Crippen LogP contribution is 2.45. The van der Waals surface area contributed by atoms with Gasteiger partial charge >= 0.3 is 13.8 Å². The largest absolute Gasteiger partial charge is 0.587 e. The van der Waals surface area contributed by atoms with Crippen molar-refractivity contribution < 1.29 is 23.3 Å². The van der Waals surface area contributed by atoms with Crippen molar-refractivity contribution in [2.24, 2.45) is 0 Å². The first-order valence-electron chi connectivity index (χ1n) is 4.00. The summed E-state index contributed by atoms with van der Waals surface area (Å²) in [5.41, 5.74) is 0. The van der Waals surface area contributed by atoms with Gasteiger partial charge in [0, 0.05) is 0 Å². The van der Waals surface area contributed by atoms with Gasteiger partial charge in [0.05, 0.1) is 4.47 Å². The van der Waals surface area contributed by atoms with E-state index in [1.807, 2.05) is 0 Å². The van der Waals surface area contributed by atoms with Crippen molar-refractivity contribution in [2.75, 3.05) is 5.33 Å². The molecule has 8 heteroatoms. The summed E-state index contributed by atoms with van der Waals surface area (Å²) < 4.78 is 20.8. The number of halogens is 2. The quantitative estimate of drug-likeness (QED) is 0.649. The lowest BCUT2D eigenvalue weighted by Crippen LogP contribution is -2.06. The number of alkyl halides is 1. The second-order valence-electron chi connectivity index (χ2n) is 2.59. The SMILES string of the molecule is O=C(CBr)OP(=O)(O)Oc1ccccc1Br. The summed E-state index contributed by atoms with van der Waals surface area (Å²) in [6.45, 7) is 0. The lowest BCUT2D eigenvalue weighted by atomic mass is 10.3. The van der Waals surface area contributed by atoms with Gasteiger partial charge in [0.25, 0.3) is 0 Å². The highest BCUT2D eigenvalue weighted by molar-refractivity contribution is 9.10. The standard InChI is InChI=1S/C8H7Br2O5P/c9-5-8(11)15-16(12,13)14-7-4-2-1-3-6(7)10/h1-4H,5H2,(H,12,13). The number of phosphoric acid groups is 1. The minimum absolute atomic E-state index is 0.121. The number of hydrogen-bond donors (Lipinski definition) is 1. The molecule has 1 N–H and O–H groups in total. The van der Waals surface area contributed by atoms with Gasteiger partial charge in [-0.3, -0.25) is 9.69 Å². The highest BCUT2D eigenvalue weighted by atomic mass is 79.9. The van der Waals surface area contributed by atoms with E-state index in [1.165, 1.54) is 6.07 Å². The van der Waals surface area contributed by atoms with Crippen molar-refractivity contribution in [2.45, 2.75) is 0 Å². The van der Waals surface area contributed by atoms with E-state index < -0.39 is 13.8 Å². The molecule has 0 fully saturated rings. The monoisotopic (exact) mass is 372 g/mol. The maximum absolute atomic E-state index is 11.4. The molecule has 1 atom stereocenters. The Bertz CT molecular complexity index is 436. The van der Waals surface area contributed by atoms with Gasteiger partial charge in [-0.05, 0) is 28.1 Å². The fraction of sp³-hybridized carbons (Fsp3) is 0.125. The van der Waals surface area contributed by atoms with E-state index in [9.17, 15) is 14.3 Å². The predicted molar refractivity (Wildman–Crippen MR) is 64.5 cm³/mol. The van der Waals surface area contributed by atoms with Gasteiger partial charge < -0.3 is 9.05 Å². The third-order valence-electron chi connectivity index (χ3n) is 1.38. The van der Waals surface area contributed by atoms with Crippen LogP contribution in [0.5, 0.6) is 5.75 Å². The van der Waals surface area contributed by atoms with Crippen molar-refractivity contribution >= 4 is 45.7 Å². The molecular weight excluding hydrogens is 367 g/mol. The fourth-order valence-electron chi connectivity index (χ4n) is 0.815. The summed E-state index contributed by atoms with van der Waals surface area (Å²) in [6.07, 6.45) is 0. The Morgan fingerprint density at radius 1 is 1.44 bits per heavy atom. The van der Waals surface area contributed by atoms with E-state index in [2.05, 4.69) is 36.4 Å². The molecule has 1 aromatic carbocycles. The Kier molecular flexibility index (Phi) is 4.98. The normalized spacial score (nSPS) is 13.9. The second kappa shape index (κ2) is 5.82. The zero-order valence-electron chi connectivity index (χ0n) is 7.80. The summed E-state index contributed by atoms with van der Waals surface area (Å²) in [4.78, 5) is 20.1. The zero-order chi connectivity index (χ0) is 12.2. The van der Waals surface area contributed by atoms with Crippen LogP contribution in [0.4, 0.5) is 0 Å². The molecule has 0 aliphatic carbocycles. The lowest BCUT2D eigenvalue weighted by Gasteiger charge is -2.12. The van der Waals surface area contributed by atoms with E-state index in [-0.39, 0.29) is 11.1 Å². The molecule has 1 aromatic rings. The Morgan fingerprint density at radius 3 is 2.62 bits per heavy atom. The summed E-state index contributed by atoms with van der Waals surface area (Å²) in [5.74, 6) is -0.756. The summed E-state index contributed by atoms with van der Waals surface area (Å²) in [7, 11) is -4.42. The number of phosphoric ester groups is 1. The molecule has 0 amide bonds. The van der Waals surface area contributed by atoms with Crippen molar-refractivity contribution in [3.05, 3.63) is 28.7 Å². The lowest BCUT2D eigenvalue weighted by molar-refractivity contribution is -0.132. The topological polar surface area (TPSA) is 72.8 Å². The average molecular weight is 374 g/mol. The van der Waals surface area contributed by atoms with Crippen LogP contribution in [-0.2, 0) is 13.9 Å². The molecule has 0 aliphatic rings. The van der Waals surface area contributed by atoms with Gasteiger partial charge in [0.1, 0.15) is 11.1 Å². The Morgan fingerprint density at radius 2 is 2.06 bits per heavy atom. The first-order valence-corrected chi connectivity index (χ1v) is 7.41. The molecule has 16 heavy (non-hydrogen) atoms. The van der Waals surface area contributed by atoms with E-state index in [4.69, 9.17) is 4.52 Å². The van der Waals surface area contributed by atoms with E-state index in [1.54, 1.807) is 18.2 Å². The maximum atomic E-state index is 11.4. The number of carbonyl (C=O) groups is 1. The third kappa shape index (κ3) is 4.25. The van der Waals surface area contributed by atoms with Crippen LogP contribution in [0.15, 0.2) is 28.7 Å². The molecule has 0 bridgehead atoms. The van der Waals surface area contributed by atoms with E-state index >= 15 is 0 Å². The molecular formula is C8H7Br2O5P. The van der Waals surface area contributed by atoms with Crippen LogP contribution >= 0.6 is 39.7 Å². The van der Waals surface area contributed by atoms with Crippen LogP contribution in [0.3, 0.4) is 0 Å². The smallest absolute Gasteiger partial charge is 0.394 e. The summed E-state index contributed by atoms with van der Waals surface area (Å²) in [5, 5.41) is -0.184. The molecule has 0 heterocycles. The number of hydrogen-bond acceptors (Lipinski definition) is 4. The van der Waals surface area contributed by atoms with Crippen molar-refractivity contribution in [3.8, 4) is 5.75 Å². The summed E-state index contributed by atoms with van der Waals surface area (Å²) >= 11 is 5.92. The Labute approximate surface area is 109 Å². The molecule has 5 nitrogen and oxygen atoms in total. The van der Waals surface area contributed by atoms with Gasteiger partial charge in [-0.15, -0.1) is 0 Å². The molecule has 0 spiro atoms. The molecule has 0 aliphatic heterocycles. The number of carbonyl (C=O) groups excluding carboxylic acids is 1. The van der Waals surface area contributed by atoms with Crippen molar-refractivity contribution in [1.29, 1.82) is 0 Å². The van der Waals surface area contributed by atoms with Crippen molar-refractivity contribution in [3.63, 3.8) is 0 Å². The minimum Gasteiger partial charge on any atom is -0.394 e. The first kappa shape index (κ1) is 13.7. The van der Waals surface area contributed by atoms with Gasteiger partial charge in [-0.2, -0.15) is 0 Å². The maximum Gasteiger partial charge on any atom is 0.587 e. The minimum atomic E-state index is -4.42. The molecule has 0 radical (unpaired) electrons. The zero-order valence-corrected chi connectivity index (χ0v) is 11.9. The number of para-hydroxylation sites is 1. The van der Waals surface area contributed by atoms with Crippen LogP contribution in [0, 0.1) is 0 Å². The Balaban J connectivity index is 2.77. The number of benzene rings is 1. The van der Waals surface area contributed by atoms with E-state index in [0.717, 1.165) is 0 Å². The van der Waals surface area contributed by atoms with Gasteiger partial charge in [-0.1, -0.05) is 28.1 Å². The average Bonchev–Trinajstić information content (AvgIpc) is 2.20. The third-order valence-corrected chi connectivity index (χ3v) is 3.35. The van der Waals surface area contributed by atoms with Gasteiger partial charge in [0.15, 0.2) is 0 Å². The Hall–Kier alpha value is -0.360. The van der Waals surface area contributed by atoms with Gasteiger partial charge in [-0.25, -0.2) is 4.57 Å². The van der Waals surface area contributed by atoms with Crippen LogP contribution in [-0.4, -0.2) is 16.2 Å². The first-order chi connectivity index (χ1) is 7.44. The predicted octanol–water partition coefficient (Wildman–Crippen LogP) is 2.87. The van der Waals surface area contributed by atoms with Crippen molar-refractivity contribution in [1.82, 2.24) is 0 Å². The highest BCUT2D eigenvalue weighted by Gasteiger charge is 2.28. The molecule has 1 rings (SSSR count). The summed E-state index contributed by atoms with van der Waals surface area (Å²) in [6, 6.07) is 6.42. The molecule has 88 valence electrons. The number of rotatable bonds is 4. The van der Waals surface area contributed by atoms with E-state index in [0.29, 0.717) is 4.47 Å². The van der Waals surface area contributed by atoms with Crippen LogP contribution in [0.2, 0.25) is 0 Å².